The zero-order chi connectivity index (χ0) is 14.8. The summed E-state index contributed by atoms with van der Waals surface area (Å²) in [6, 6.07) is 7.63. The topological polar surface area (TPSA) is 43.4 Å². The van der Waals surface area contributed by atoms with Gasteiger partial charge in [0.1, 0.15) is 5.60 Å². The van der Waals surface area contributed by atoms with Crippen LogP contribution in [0.1, 0.15) is 32.3 Å². The summed E-state index contributed by atoms with van der Waals surface area (Å²) in [6.07, 6.45) is 2.81. The van der Waals surface area contributed by atoms with Gasteiger partial charge in [0, 0.05) is 16.7 Å². The Morgan fingerprint density at radius 3 is 2.55 bits per heavy atom. The number of aryl methyl sites for hydroxylation is 1. The zero-order valence-corrected chi connectivity index (χ0v) is 12.9. The molecular weight excluding hydrogens is 272 g/mol. The summed E-state index contributed by atoms with van der Waals surface area (Å²) in [5, 5.41) is 1.67. The highest BCUT2D eigenvalue weighted by molar-refractivity contribution is 7.88. The Morgan fingerprint density at radius 2 is 2.00 bits per heavy atom. The van der Waals surface area contributed by atoms with Gasteiger partial charge in [-0.1, -0.05) is 23.8 Å². The first kappa shape index (κ1) is 15.1. The highest BCUT2D eigenvalue weighted by atomic mass is 32.2. The van der Waals surface area contributed by atoms with Crippen molar-refractivity contribution in [2.24, 2.45) is 0 Å². The molecule has 0 aliphatic carbocycles. The lowest BCUT2D eigenvalue weighted by Gasteiger charge is -2.16. The summed E-state index contributed by atoms with van der Waals surface area (Å²) in [5.74, 6) is 0.135. The molecular formula is C16H20O3S. The Labute approximate surface area is 122 Å². The second-order valence-electron chi connectivity index (χ2n) is 5.60. The molecule has 1 aromatic carbocycles. The number of carbonyl (C=O) groups excluding carboxylic acids is 1. The number of benzene rings is 1. The first-order valence-corrected chi connectivity index (χ1v) is 7.95. The Balaban J connectivity index is 1.90. The lowest BCUT2D eigenvalue weighted by Crippen LogP contribution is -2.27. The molecule has 0 unspecified atom stereocenters. The number of hydrogen-bond donors (Lipinski definition) is 0. The van der Waals surface area contributed by atoms with Gasteiger partial charge in [-0.2, -0.15) is 0 Å². The minimum absolute atomic E-state index is 0.0937. The van der Waals surface area contributed by atoms with Gasteiger partial charge in [0.05, 0.1) is 16.9 Å². The quantitative estimate of drug-likeness (QED) is 0.856. The van der Waals surface area contributed by atoms with E-state index in [2.05, 4.69) is 0 Å². The zero-order valence-electron chi connectivity index (χ0n) is 12.1. The summed E-state index contributed by atoms with van der Waals surface area (Å²) < 4.78 is 17.7. The smallest absolute Gasteiger partial charge is 0.166 e. The molecule has 108 valence electrons. The van der Waals surface area contributed by atoms with Crippen LogP contribution in [0.3, 0.4) is 0 Å². The Hall–Kier alpha value is -1.26. The molecule has 1 saturated heterocycles. The first-order chi connectivity index (χ1) is 9.38. The number of hydrogen-bond acceptors (Lipinski definition) is 3. The molecule has 0 spiro atoms. The van der Waals surface area contributed by atoms with Gasteiger partial charge in [-0.3, -0.25) is 4.79 Å². The van der Waals surface area contributed by atoms with Crippen LogP contribution >= 0.6 is 0 Å². The normalized spacial score (nSPS) is 23.4. The molecule has 1 aromatic rings. The standard InChI is InChI=1S/C16H20O3S/c1-12-6-8-14(9-7-12)20(18)10-4-5-13-11-15(17)16(2,3)19-13/h4,6-10,13H,5,11H2,1-3H3/b10-4+/t13-,20+/m0/s1. The summed E-state index contributed by atoms with van der Waals surface area (Å²) >= 11 is 0. The molecule has 0 aromatic heterocycles. The van der Waals surface area contributed by atoms with E-state index >= 15 is 0 Å². The van der Waals surface area contributed by atoms with Gasteiger partial charge < -0.3 is 4.74 Å². The molecule has 0 amide bonds. The van der Waals surface area contributed by atoms with Crippen LogP contribution in [-0.4, -0.2) is 21.7 Å². The van der Waals surface area contributed by atoms with E-state index in [-0.39, 0.29) is 11.9 Å². The van der Waals surface area contributed by atoms with Crippen LogP contribution in [0, 0.1) is 6.92 Å². The molecule has 4 heteroatoms. The summed E-state index contributed by atoms with van der Waals surface area (Å²) in [4.78, 5) is 12.4. The average Bonchev–Trinajstić information content (AvgIpc) is 2.63. The molecule has 3 nitrogen and oxygen atoms in total. The van der Waals surface area contributed by atoms with E-state index in [0.717, 1.165) is 10.5 Å². The second-order valence-corrected chi connectivity index (χ2v) is 6.93. The Morgan fingerprint density at radius 1 is 1.35 bits per heavy atom. The number of ketones is 1. The minimum atomic E-state index is -1.14. The largest absolute Gasteiger partial charge is 0.364 e. The summed E-state index contributed by atoms with van der Waals surface area (Å²) in [6.45, 7) is 5.59. The van der Waals surface area contributed by atoms with Crippen molar-refractivity contribution in [2.75, 3.05) is 0 Å². The van der Waals surface area contributed by atoms with Crippen molar-refractivity contribution in [1.82, 2.24) is 0 Å². The van der Waals surface area contributed by atoms with Crippen LogP contribution in [0.5, 0.6) is 0 Å². The van der Waals surface area contributed by atoms with Gasteiger partial charge in [0.15, 0.2) is 5.78 Å². The van der Waals surface area contributed by atoms with Crippen molar-refractivity contribution < 1.29 is 13.7 Å². The lowest BCUT2D eigenvalue weighted by atomic mass is 10.0. The fourth-order valence-corrected chi connectivity index (χ4v) is 3.00. The Bertz CT molecular complexity index is 543. The third-order valence-corrected chi connectivity index (χ3v) is 4.59. The lowest BCUT2D eigenvalue weighted by molar-refractivity contribution is -0.129. The van der Waals surface area contributed by atoms with E-state index < -0.39 is 16.4 Å². The van der Waals surface area contributed by atoms with E-state index in [9.17, 15) is 9.00 Å². The third-order valence-electron chi connectivity index (χ3n) is 3.42. The van der Waals surface area contributed by atoms with Gasteiger partial charge in [-0.25, -0.2) is 4.21 Å². The minimum Gasteiger partial charge on any atom is -0.364 e. The monoisotopic (exact) mass is 292 g/mol. The van der Waals surface area contributed by atoms with Crippen molar-refractivity contribution in [3.63, 3.8) is 0 Å². The van der Waals surface area contributed by atoms with Crippen LogP contribution in [0.4, 0.5) is 0 Å². The molecule has 0 N–H and O–H groups in total. The van der Waals surface area contributed by atoms with E-state index in [1.54, 1.807) is 19.3 Å². The molecule has 2 rings (SSSR count). The highest BCUT2D eigenvalue weighted by Gasteiger charge is 2.39. The molecule has 1 aliphatic heterocycles. The maximum atomic E-state index is 12.0. The van der Waals surface area contributed by atoms with Crippen molar-refractivity contribution in [3.8, 4) is 0 Å². The van der Waals surface area contributed by atoms with E-state index in [4.69, 9.17) is 4.74 Å². The van der Waals surface area contributed by atoms with Crippen LogP contribution < -0.4 is 0 Å². The predicted molar refractivity (Wildman–Crippen MR) is 79.9 cm³/mol. The Kier molecular flexibility index (Phi) is 4.55. The van der Waals surface area contributed by atoms with Gasteiger partial charge in [-0.15, -0.1) is 0 Å². The summed E-state index contributed by atoms with van der Waals surface area (Å²) in [5.41, 5.74) is 0.476. The van der Waals surface area contributed by atoms with Crippen LogP contribution in [-0.2, 0) is 20.3 Å². The fourth-order valence-electron chi connectivity index (χ4n) is 2.15. The number of rotatable bonds is 4. The maximum Gasteiger partial charge on any atom is 0.166 e. The SMILES string of the molecule is Cc1ccc([S@](=O)/C=C/C[C@H]2CC(=O)C(C)(C)O2)cc1. The highest BCUT2D eigenvalue weighted by Crippen LogP contribution is 2.28. The molecule has 1 fully saturated rings. The summed E-state index contributed by atoms with van der Waals surface area (Å²) in [7, 11) is -1.14. The maximum absolute atomic E-state index is 12.0. The molecule has 1 heterocycles. The van der Waals surface area contributed by atoms with Crippen molar-refractivity contribution >= 4 is 16.6 Å². The van der Waals surface area contributed by atoms with E-state index in [1.807, 2.05) is 37.3 Å². The van der Waals surface area contributed by atoms with E-state index in [1.165, 1.54) is 0 Å². The van der Waals surface area contributed by atoms with Crippen molar-refractivity contribution in [2.45, 2.75) is 50.2 Å². The number of Topliss-reactive ketones (excluding diaryl/α,β-unsaturated/α-hetero) is 1. The van der Waals surface area contributed by atoms with Crippen LogP contribution in [0.15, 0.2) is 40.6 Å². The van der Waals surface area contributed by atoms with Gasteiger partial charge in [0.2, 0.25) is 0 Å². The van der Waals surface area contributed by atoms with Gasteiger partial charge in [0.25, 0.3) is 0 Å². The predicted octanol–water partition coefficient (Wildman–Crippen LogP) is 3.14. The molecule has 2 atom stereocenters. The van der Waals surface area contributed by atoms with Crippen molar-refractivity contribution in [1.29, 1.82) is 0 Å². The average molecular weight is 292 g/mol. The molecule has 1 aliphatic rings. The van der Waals surface area contributed by atoms with E-state index in [0.29, 0.717) is 12.8 Å². The van der Waals surface area contributed by atoms with Gasteiger partial charge >= 0.3 is 0 Å². The fraction of sp³-hybridized carbons (Fsp3) is 0.438. The van der Waals surface area contributed by atoms with Crippen LogP contribution in [0.2, 0.25) is 0 Å². The number of carbonyl (C=O) groups is 1. The second kappa shape index (κ2) is 6.02. The molecule has 20 heavy (non-hydrogen) atoms. The molecule has 0 saturated carbocycles. The van der Waals surface area contributed by atoms with Crippen molar-refractivity contribution in [3.05, 3.63) is 41.3 Å². The van der Waals surface area contributed by atoms with Crippen LogP contribution in [0.25, 0.3) is 0 Å². The first-order valence-electron chi connectivity index (χ1n) is 6.73. The van der Waals surface area contributed by atoms with Gasteiger partial charge in [-0.05, 0) is 39.3 Å². The number of ether oxygens (including phenoxy) is 1. The molecule has 0 bridgehead atoms. The third kappa shape index (κ3) is 3.64. The molecule has 0 radical (unpaired) electrons.